The highest BCUT2D eigenvalue weighted by Crippen LogP contribution is 2.60. The van der Waals surface area contributed by atoms with Gasteiger partial charge in [0.05, 0.1) is 11.1 Å². The van der Waals surface area contributed by atoms with E-state index in [2.05, 4.69) is 5.10 Å². The van der Waals surface area contributed by atoms with E-state index in [4.69, 9.17) is 5.73 Å². The molecular weight excluding hydrogens is 176 g/mol. The molecule has 0 amide bonds. The average molecular weight is 187 g/mol. The van der Waals surface area contributed by atoms with Crippen molar-refractivity contribution < 1.29 is 8.78 Å². The molecule has 1 aliphatic rings. The van der Waals surface area contributed by atoms with Crippen LogP contribution in [-0.2, 0) is 12.5 Å². The third-order valence-corrected chi connectivity index (χ3v) is 2.65. The number of hydrogen-bond donors (Lipinski definition) is 1. The monoisotopic (exact) mass is 187 g/mol. The Kier molecular flexibility index (Phi) is 1.52. The van der Waals surface area contributed by atoms with Crippen molar-refractivity contribution >= 4 is 0 Å². The minimum absolute atomic E-state index is 0.0446. The third kappa shape index (κ3) is 0.997. The van der Waals surface area contributed by atoms with Crippen LogP contribution in [0.25, 0.3) is 0 Å². The molecular formula is C8H11F2N3. The molecule has 5 heteroatoms. The molecule has 0 spiro atoms. The SMILES string of the molecule is Cn1ccc(C2(CN)CC2(F)F)n1. The zero-order valence-corrected chi connectivity index (χ0v) is 7.30. The molecule has 1 atom stereocenters. The molecule has 1 aromatic rings. The van der Waals surface area contributed by atoms with Crippen LogP contribution >= 0.6 is 0 Å². The van der Waals surface area contributed by atoms with Crippen LogP contribution in [0.5, 0.6) is 0 Å². The van der Waals surface area contributed by atoms with Gasteiger partial charge in [-0.05, 0) is 6.07 Å². The van der Waals surface area contributed by atoms with E-state index < -0.39 is 11.3 Å². The van der Waals surface area contributed by atoms with Gasteiger partial charge in [0, 0.05) is 26.2 Å². The van der Waals surface area contributed by atoms with Gasteiger partial charge in [-0.15, -0.1) is 0 Å². The number of aryl methyl sites for hydroxylation is 1. The van der Waals surface area contributed by atoms with Gasteiger partial charge in [-0.2, -0.15) is 5.10 Å². The lowest BCUT2D eigenvalue weighted by atomic mass is 10.0. The number of aromatic nitrogens is 2. The van der Waals surface area contributed by atoms with Crippen molar-refractivity contribution in [3.63, 3.8) is 0 Å². The minimum atomic E-state index is -2.67. The van der Waals surface area contributed by atoms with Gasteiger partial charge >= 0.3 is 0 Å². The van der Waals surface area contributed by atoms with Crippen molar-refractivity contribution in [2.45, 2.75) is 17.8 Å². The Morgan fingerprint density at radius 2 is 2.31 bits per heavy atom. The molecule has 2 rings (SSSR count). The molecule has 1 aliphatic carbocycles. The molecule has 0 aliphatic heterocycles. The fourth-order valence-electron chi connectivity index (χ4n) is 1.61. The van der Waals surface area contributed by atoms with Gasteiger partial charge in [0.2, 0.25) is 0 Å². The van der Waals surface area contributed by atoms with Crippen LogP contribution in [0.1, 0.15) is 12.1 Å². The second kappa shape index (κ2) is 2.29. The van der Waals surface area contributed by atoms with Gasteiger partial charge in [0.15, 0.2) is 0 Å². The van der Waals surface area contributed by atoms with Crippen LogP contribution < -0.4 is 5.73 Å². The van der Waals surface area contributed by atoms with Crippen molar-refractivity contribution in [2.24, 2.45) is 12.8 Å². The first-order chi connectivity index (χ1) is 6.02. The first-order valence-corrected chi connectivity index (χ1v) is 4.10. The smallest absolute Gasteiger partial charge is 0.261 e. The summed E-state index contributed by atoms with van der Waals surface area (Å²) in [6, 6.07) is 1.60. The minimum Gasteiger partial charge on any atom is -0.329 e. The van der Waals surface area contributed by atoms with Crippen LogP contribution in [0.2, 0.25) is 0 Å². The van der Waals surface area contributed by atoms with Crippen molar-refractivity contribution in [1.29, 1.82) is 0 Å². The summed E-state index contributed by atoms with van der Waals surface area (Å²) in [4.78, 5) is 0. The van der Waals surface area contributed by atoms with E-state index in [9.17, 15) is 8.78 Å². The largest absolute Gasteiger partial charge is 0.329 e. The first-order valence-electron chi connectivity index (χ1n) is 4.10. The summed E-state index contributed by atoms with van der Waals surface area (Å²) in [5.74, 6) is -2.67. The Hall–Kier alpha value is -0.970. The highest BCUT2D eigenvalue weighted by molar-refractivity contribution is 5.32. The summed E-state index contributed by atoms with van der Waals surface area (Å²) in [6.45, 7) is -0.0446. The topological polar surface area (TPSA) is 43.8 Å². The maximum Gasteiger partial charge on any atom is 0.261 e. The van der Waals surface area contributed by atoms with E-state index >= 15 is 0 Å². The molecule has 0 radical (unpaired) electrons. The van der Waals surface area contributed by atoms with Gasteiger partial charge in [-0.3, -0.25) is 4.68 Å². The summed E-state index contributed by atoms with van der Waals surface area (Å²) in [5.41, 5.74) is 4.58. The highest BCUT2D eigenvalue weighted by Gasteiger charge is 2.72. The van der Waals surface area contributed by atoms with Gasteiger partial charge in [0.1, 0.15) is 0 Å². The highest BCUT2D eigenvalue weighted by atomic mass is 19.3. The van der Waals surface area contributed by atoms with E-state index in [-0.39, 0.29) is 13.0 Å². The zero-order valence-electron chi connectivity index (χ0n) is 7.30. The third-order valence-electron chi connectivity index (χ3n) is 2.65. The van der Waals surface area contributed by atoms with Crippen LogP contribution in [0.15, 0.2) is 12.3 Å². The number of hydrogen-bond acceptors (Lipinski definition) is 2. The van der Waals surface area contributed by atoms with Crippen LogP contribution in [0, 0.1) is 0 Å². The zero-order chi connectivity index (χ0) is 9.69. The first kappa shape index (κ1) is 8.62. The van der Waals surface area contributed by atoms with E-state index in [1.807, 2.05) is 0 Å². The van der Waals surface area contributed by atoms with E-state index in [1.165, 1.54) is 4.68 Å². The summed E-state index contributed by atoms with van der Waals surface area (Å²) in [5, 5.41) is 3.97. The Morgan fingerprint density at radius 3 is 2.62 bits per heavy atom. The van der Waals surface area contributed by atoms with Crippen LogP contribution in [0.4, 0.5) is 8.78 Å². The fraction of sp³-hybridized carbons (Fsp3) is 0.625. The maximum absolute atomic E-state index is 13.0. The molecule has 1 fully saturated rings. The molecule has 13 heavy (non-hydrogen) atoms. The van der Waals surface area contributed by atoms with Crippen LogP contribution in [0.3, 0.4) is 0 Å². The molecule has 0 bridgehead atoms. The second-order valence-corrected chi connectivity index (χ2v) is 3.54. The summed E-state index contributed by atoms with van der Waals surface area (Å²) in [7, 11) is 1.70. The Morgan fingerprint density at radius 1 is 1.69 bits per heavy atom. The Bertz CT molecular complexity index is 334. The van der Waals surface area contributed by atoms with Crippen LogP contribution in [-0.4, -0.2) is 22.2 Å². The van der Waals surface area contributed by atoms with Gasteiger partial charge in [-0.25, -0.2) is 8.78 Å². The summed E-state index contributed by atoms with van der Waals surface area (Å²) < 4.78 is 27.6. The number of nitrogens with zero attached hydrogens (tertiary/aromatic N) is 2. The van der Waals surface area contributed by atoms with Gasteiger partial charge in [0.25, 0.3) is 5.92 Å². The van der Waals surface area contributed by atoms with Crippen molar-refractivity contribution in [3.8, 4) is 0 Å². The van der Waals surface area contributed by atoms with Gasteiger partial charge in [-0.1, -0.05) is 0 Å². The Labute approximate surface area is 74.5 Å². The molecule has 0 aromatic carbocycles. The molecule has 3 nitrogen and oxygen atoms in total. The van der Waals surface area contributed by atoms with Crippen molar-refractivity contribution in [1.82, 2.24) is 9.78 Å². The average Bonchev–Trinajstić information content (AvgIpc) is 2.43. The molecule has 1 unspecified atom stereocenters. The molecule has 1 heterocycles. The number of nitrogens with two attached hydrogens (primary N) is 1. The standard InChI is InChI=1S/C8H11F2N3/c1-13-3-2-6(12-13)7(5-11)4-8(7,9)10/h2-3H,4-5,11H2,1H3. The second-order valence-electron chi connectivity index (χ2n) is 3.54. The molecule has 1 aromatic heterocycles. The molecule has 1 saturated carbocycles. The lowest BCUT2D eigenvalue weighted by molar-refractivity contribution is 0.0885. The van der Waals surface area contributed by atoms with Crippen molar-refractivity contribution in [3.05, 3.63) is 18.0 Å². The summed E-state index contributed by atoms with van der Waals surface area (Å²) in [6.07, 6.45) is 1.48. The molecule has 2 N–H and O–H groups in total. The molecule has 0 saturated heterocycles. The summed E-state index contributed by atoms with van der Waals surface area (Å²) >= 11 is 0. The number of halogens is 2. The van der Waals surface area contributed by atoms with Crippen molar-refractivity contribution in [2.75, 3.05) is 6.54 Å². The predicted molar refractivity (Wildman–Crippen MR) is 43.5 cm³/mol. The van der Waals surface area contributed by atoms with Gasteiger partial charge < -0.3 is 5.73 Å². The molecule has 72 valence electrons. The lowest BCUT2D eigenvalue weighted by Gasteiger charge is -2.09. The maximum atomic E-state index is 13.0. The van der Waals surface area contributed by atoms with E-state index in [0.717, 1.165) is 0 Å². The lowest BCUT2D eigenvalue weighted by Crippen LogP contribution is -2.27. The predicted octanol–water partition coefficient (Wildman–Crippen LogP) is 0.656. The van der Waals surface area contributed by atoms with E-state index in [1.54, 1.807) is 19.3 Å². The number of alkyl halides is 2. The van der Waals surface area contributed by atoms with E-state index in [0.29, 0.717) is 5.69 Å². The quantitative estimate of drug-likeness (QED) is 0.739. The normalized spacial score (nSPS) is 30.5. The Balaban J connectivity index is 2.35. The number of rotatable bonds is 2. The fourth-order valence-corrected chi connectivity index (χ4v) is 1.61.